The zero-order valence-electron chi connectivity index (χ0n) is 10.7. The van der Waals surface area contributed by atoms with Crippen LogP contribution in [0.15, 0.2) is 0 Å². The van der Waals surface area contributed by atoms with E-state index >= 15 is 0 Å². The molecule has 0 aromatic carbocycles. The summed E-state index contributed by atoms with van der Waals surface area (Å²) in [6.07, 6.45) is 12.9. The quantitative estimate of drug-likeness (QED) is 0.459. The molecule has 0 bridgehead atoms. The Hall–Kier alpha value is 0.820. The minimum absolute atomic E-state index is 0. The summed E-state index contributed by atoms with van der Waals surface area (Å²) in [7, 11) is 0. The molecule has 0 aromatic heterocycles. The average Bonchev–Trinajstić information content (AvgIpc) is 2.26. The van der Waals surface area contributed by atoms with Gasteiger partial charge in [-0.25, -0.2) is 0 Å². The van der Waals surface area contributed by atoms with Crippen molar-refractivity contribution in [1.82, 2.24) is 0 Å². The van der Waals surface area contributed by atoms with E-state index in [0.717, 1.165) is 12.8 Å². The first kappa shape index (κ1) is 20.1. The van der Waals surface area contributed by atoms with E-state index in [1.807, 2.05) is 6.26 Å². The zero-order chi connectivity index (χ0) is 12.2. The second-order valence-corrected chi connectivity index (χ2v) is 5.37. The van der Waals surface area contributed by atoms with Gasteiger partial charge in [0, 0.05) is 0 Å². The van der Waals surface area contributed by atoms with E-state index in [1.165, 1.54) is 56.7 Å². The van der Waals surface area contributed by atoms with Gasteiger partial charge in [0.25, 0.3) is 0 Å². The van der Waals surface area contributed by atoms with Gasteiger partial charge in [0.15, 0.2) is 0 Å². The molecule has 0 radical (unpaired) electrons. The van der Waals surface area contributed by atoms with Crippen LogP contribution in [-0.4, -0.2) is 52.1 Å². The molecule has 0 fully saturated rings. The molecule has 0 saturated carbocycles. The number of hydrogen-bond donors (Lipinski definition) is 1. The molecule has 2 nitrogen and oxygen atoms in total. The molecule has 98 valence electrons. The van der Waals surface area contributed by atoms with Gasteiger partial charge in [-0.3, -0.25) is 4.79 Å². The molecular weight excluding hydrogens is 243 g/mol. The topological polar surface area (TPSA) is 37.3 Å². The van der Waals surface area contributed by atoms with Crippen LogP contribution in [0.4, 0.5) is 0 Å². The van der Waals surface area contributed by atoms with Crippen LogP contribution in [0.5, 0.6) is 0 Å². The van der Waals surface area contributed by atoms with Crippen molar-refractivity contribution < 1.29 is 9.90 Å². The van der Waals surface area contributed by atoms with Crippen LogP contribution in [-0.2, 0) is 4.79 Å². The number of aliphatic carboxylic acids is 1. The van der Waals surface area contributed by atoms with Crippen molar-refractivity contribution in [1.29, 1.82) is 0 Å². The molecule has 0 spiro atoms. The van der Waals surface area contributed by atoms with Crippen LogP contribution in [0.25, 0.3) is 0 Å². The van der Waals surface area contributed by atoms with E-state index < -0.39 is 5.97 Å². The van der Waals surface area contributed by atoms with Gasteiger partial charge >= 0.3 is 35.5 Å². The van der Waals surface area contributed by atoms with Crippen molar-refractivity contribution >= 4 is 47.3 Å². The Morgan fingerprint density at radius 1 is 1.06 bits per heavy atom. The van der Waals surface area contributed by atoms with Crippen LogP contribution < -0.4 is 0 Å². The Balaban J connectivity index is 0. The van der Waals surface area contributed by atoms with E-state index in [4.69, 9.17) is 5.11 Å². The van der Waals surface area contributed by atoms with Crippen molar-refractivity contribution in [2.45, 2.75) is 70.0 Å². The number of rotatable bonds is 11. The summed E-state index contributed by atoms with van der Waals surface area (Å²) in [6, 6.07) is 0. The minimum atomic E-state index is -0.657. The molecule has 1 unspecified atom stereocenters. The second kappa shape index (κ2) is 14.9. The van der Waals surface area contributed by atoms with E-state index in [-0.39, 0.29) is 34.8 Å². The van der Waals surface area contributed by atoms with Crippen LogP contribution in [0, 0.1) is 0 Å². The molecule has 0 aliphatic carbocycles. The Kier molecular flexibility index (Phi) is 17.6. The van der Waals surface area contributed by atoms with Crippen molar-refractivity contribution in [2.75, 3.05) is 6.26 Å². The maximum absolute atomic E-state index is 10.7. The fourth-order valence-electron chi connectivity index (χ4n) is 1.81. The number of unbranched alkanes of at least 4 members (excludes halogenated alkanes) is 7. The van der Waals surface area contributed by atoms with Crippen molar-refractivity contribution in [3.63, 3.8) is 0 Å². The van der Waals surface area contributed by atoms with E-state index in [9.17, 15) is 4.79 Å². The fourth-order valence-corrected chi connectivity index (χ4v) is 2.41. The summed E-state index contributed by atoms with van der Waals surface area (Å²) in [5, 5.41) is 8.66. The summed E-state index contributed by atoms with van der Waals surface area (Å²) in [4.78, 5) is 10.7. The normalized spacial score (nSPS) is 11.9. The molecule has 0 aromatic rings. The summed E-state index contributed by atoms with van der Waals surface area (Å²) >= 11 is 1.45. The standard InChI is InChI=1S/C13H26O2S.Na.H/c1-3-4-5-6-7-8-9-10-11-12(16-2)13(14)15;;/h12H,3-11H2,1-2H3,(H,14,15);;. The maximum atomic E-state index is 10.7. The molecule has 1 atom stereocenters. The predicted octanol–water partition coefficient (Wildman–Crippen LogP) is 3.68. The number of carbonyl (C=O) groups is 1. The van der Waals surface area contributed by atoms with Crippen molar-refractivity contribution in [2.24, 2.45) is 0 Å². The van der Waals surface area contributed by atoms with Gasteiger partial charge in [-0.05, 0) is 12.7 Å². The molecule has 0 aliphatic rings. The first-order chi connectivity index (χ1) is 7.72. The van der Waals surface area contributed by atoms with Crippen LogP contribution in [0.1, 0.15) is 64.7 Å². The Labute approximate surface area is 133 Å². The molecule has 0 amide bonds. The molecule has 0 heterocycles. The third-order valence-corrected chi connectivity index (χ3v) is 3.89. The molecular formula is C13H27NaO2S. The first-order valence-corrected chi connectivity index (χ1v) is 7.76. The summed E-state index contributed by atoms with van der Waals surface area (Å²) in [5.74, 6) is -0.657. The molecule has 17 heavy (non-hydrogen) atoms. The first-order valence-electron chi connectivity index (χ1n) is 6.48. The predicted molar refractivity (Wildman–Crippen MR) is 79.3 cm³/mol. The Morgan fingerprint density at radius 3 is 1.94 bits per heavy atom. The van der Waals surface area contributed by atoms with Gasteiger partial charge in [0.2, 0.25) is 0 Å². The molecule has 4 heteroatoms. The Morgan fingerprint density at radius 2 is 1.53 bits per heavy atom. The van der Waals surface area contributed by atoms with Gasteiger partial charge in [0.05, 0.1) is 0 Å². The van der Waals surface area contributed by atoms with E-state index in [1.54, 1.807) is 0 Å². The molecule has 0 saturated heterocycles. The molecule has 0 rings (SSSR count). The number of carboxylic acid groups (broad SMARTS) is 1. The summed E-state index contributed by atoms with van der Waals surface area (Å²) in [6.45, 7) is 2.23. The van der Waals surface area contributed by atoms with Crippen molar-refractivity contribution in [3.05, 3.63) is 0 Å². The van der Waals surface area contributed by atoms with Gasteiger partial charge in [-0.2, -0.15) is 11.8 Å². The average molecular weight is 270 g/mol. The SMILES string of the molecule is CCCCCCCCCCC(SC)C(=O)O.[NaH]. The number of hydrogen-bond acceptors (Lipinski definition) is 2. The monoisotopic (exact) mass is 270 g/mol. The van der Waals surface area contributed by atoms with Crippen LogP contribution >= 0.6 is 11.8 Å². The molecule has 0 aliphatic heterocycles. The summed E-state index contributed by atoms with van der Waals surface area (Å²) in [5.41, 5.74) is 0. The third-order valence-electron chi connectivity index (χ3n) is 2.88. The van der Waals surface area contributed by atoms with Gasteiger partial charge < -0.3 is 5.11 Å². The molecule has 1 N–H and O–H groups in total. The zero-order valence-corrected chi connectivity index (χ0v) is 11.5. The van der Waals surface area contributed by atoms with Gasteiger partial charge in [0.1, 0.15) is 5.25 Å². The van der Waals surface area contributed by atoms with Gasteiger partial charge in [-0.15, -0.1) is 0 Å². The third kappa shape index (κ3) is 13.1. The van der Waals surface area contributed by atoms with Crippen molar-refractivity contribution in [3.8, 4) is 0 Å². The van der Waals surface area contributed by atoms with Gasteiger partial charge in [-0.1, -0.05) is 58.3 Å². The van der Waals surface area contributed by atoms with E-state index in [2.05, 4.69) is 6.92 Å². The Bertz CT molecular complexity index is 177. The van der Waals surface area contributed by atoms with E-state index in [0.29, 0.717) is 0 Å². The number of thioether (sulfide) groups is 1. The van der Waals surface area contributed by atoms with Crippen LogP contribution in [0.2, 0.25) is 0 Å². The fraction of sp³-hybridized carbons (Fsp3) is 0.923. The second-order valence-electron chi connectivity index (χ2n) is 4.33. The summed E-state index contributed by atoms with van der Waals surface area (Å²) < 4.78 is 0. The number of carboxylic acids is 1. The van der Waals surface area contributed by atoms with Crippen LogP contribution in [0.3, 0.4) is 0 Å².